The van der Waals surface area contributed by atoms with Gasteiger partial charge in [-0.15, -0.1) is 0 Å². The maximum absolute atomic E-state index is 11.4. The zero-order chi connectivity index (χ0) is 10.7. The van der Waals surface area contributed by atoms with Crippen molar-refractivity contribution in [2.75, 3.05) is 6.54 Å². The largest absolute Gasteiger partial charge is 0.481 e. The minimum atomic E-state index is -1.02. The Kier molecular flexibility index (Phi) is 3.06. The van der Waals surface area contributed by atoms with Gasteiger partial charge in [0.05, 0.1) is 6.42 Å². The number of nitrogens with one attached hydrogen (secondary N) is 1. The minimum absolute atomic E-state index is 0.0590. The first-order valence-electron chi connectivity index (χ1n) is 4.40. The smallest absolute Gasteiger partial charge is 0.324 e. The number of aliphatic carboxylic acids is 1. The molecule has 14 heavy (non-hydrogen) atoms. The summed E-state index contributed by atoms with van der Waals surface area (Å²) in [6.07, 6.45) is 0.309. The van der Waals surface area contributed by atoms with Crippen LogP contribution in [0.25, 0.3) is 0 Å². The molecule has 0 aromatic rings. The quantitative estimate of drug-likeness (QED) is 0.615. The molecule has 0 saturated carbocycles. The molecule has 0 spiro atoms. The molecule has 1 atom stereocenters. The van der Waals surface area contributed by atoms with Crippen molar-refractivity contribution in [3.8, 4) is 0 Å². The zero-order valence-electron chi connectivity index (χ0n) is 7.82. The number of carbonyl (C=O) groups is 3. The summed E-state index contributed by atoms with van der Waals surface area (Å²) in [5.41, 5.74) is 0. The Morgan fingerprint density at radius 2 is 2.21 bits per heavy atom. The summed E-state index contributed by atoms with van der Waals surface area (Å²) in [6, 6.07) is -0.987. The number of carbonyl (C=O) groups excluding carboxylic acids is 2. The average Bonchev–Trinajstić information content (AvgIpc) is 2.39. The van der Waals surface area contributed by atoms with Crippen LogP contribution in [0, 0.1) is 0 Å². The van der Waals surface area contributed by atoms with E-state index in [9.17, 15) is 14.4 Å². The number of hydrogen-bond donors (Lipinski definition) is 2. The maximum atomic E-state index is 11.4. The second-order valence-corrected chi connectivity index (χ2v) is 3.04. The third-order valence-electron chi connectivity index (χ3n) is 2.06. The van der Waals surface area contributed by atoms with E-state index in [1.807, 2.05) is 0 Å². The second kappa shape index (κ2) is 4.08. The van der Waals surface area contributed by atoms with Crippen molar-refractivity contribution in [3.05, 3.63) is 0 Å². The lowest BCUT2D eigenvalue weighted by molar-refractivity contribution is -0.137. The van der Waals surface area contributed by atoms with Crippen molar-refractivity contribution in [2.45, 2.75) is 25.8 Å². The lowest BCUT2D eigenvalue weighted by atomic mass is 10.2. The van der Waals surface area contributed by atoms with Crippen LogP contribution in [0.1, 0.15) is 19.8 Å². The van der Waals surface area contributed by atoms with Crippen LogP contribution in [-0.4, -0.2) is 40.5 Å². The van der Waals surface area contributed by atoms with E-state index in [1.54, 1.807) is 6.92 Å². The van der Waals surface area contributed by atoms with E-state index in [0.717, 1.165) is 4.90 Å². The topological polar surface area (TPSA) is 86.7 Å². The van der Waals surface area contributed by atoms with E-state index in [4.69, 9.17) is 5.11 Å². The van der Waals surface area contributed by atoms with Gasteiger partial charge in [0.15, 0.2) is 0 Å². The molecule has 1 aliphatic rings. The average molecular weight is 200 g/mol. The van der Waals surface area contributed by atoms with E-state index in [0.29, 0.717) is 6.42 Å². The molecular formula is C8H12N2O4. The number of rotatable bonds is 4. The number of carboxylic acids is 1. The first-order valence-corrected chi connectivity index (χ1v) is 4.40. The number of hydrogen-bond acceptors (Lipinski definition) is 3. The van der Waals surface area contributed by atoms with Crippen LogP contribution in [0.2, 0.25) is 0 Å². The number of urea groups is 1. The highest BCUT2D eigenvalue weighted by atomic mass is 16.4. The monoisotopic (exact) mass is 200 g/mol. The van der Waals surface area contributed by atoms with Gasteiger partial charge >= 0.3 is 12.0 Å². The fraction of sp³-hybridized carbons (Fsp3) is 0.625. The van der Waals surface area contributed by atoms with Crippen molar-refractivity contribution < 1.29 is 19.5 Å². The first-order chi connectivity index (χ1) is 6.56. The SMILES string of the molecule is CCC1NC(=O)N(CCC(=O)O)C1=O. The number of nitrogens with zero attached hydrogens (tertiary/aromatic N) is 1. The molecule has 3 amide bonds. The third kappa shape index (κ3) is 2.01. The fourth-order valence-corrected chi connectivity index (χ4v) is 1.27. The molecule has 0 bridgehead atoms. The van der Waals surface area contributed by atoms with Crippen LogP contribution < -0.4 is 5.32 Å². The molecular weight excluding hydrogens is 188 g/mol. The van der Waals surface area contributed by atoms with E-state index < -0.39 is 18.0 Å². The molecule has 1 saturated heterocycles. The van der Waals surface area contributed by atoms with Gasteiger partial charge in [-0.05, 0) is 6.42 Å². The highest BCUT2D eigenvalue weighted by molar-refractivity contribution is 6.04. The molecule has 1 aliphatic heterocycles. The van der Waals surface area contributed by atoms with Gasteiger partial charge in [0, 0.05) is 6.54 Å². The third-order valence-corrected chi connectivity index (χ3v) is 2.06. The molecule has 78 valence electrons. The normalized spacial score (nSPS) is 21.2. The first kappa shape index (κ1) is 10.5. The molecule has 1 heterocycles. The fourth-order valence-electron chi connectivity index (χ4n) is 1.27. The summed E-state index contributed by atoms with van der Waals surface area (Å²) >= 11 is 0. The summed E-state index contributed by atoms with van der Waals surface area (Å²) in [6.45, 7) is 1.72. The number of amides is 3. The Morgan fingerprint density at radius 1 is 1.57 bits per heavy atom. The zero-order valence-corrected chi connectivity index (χ0v) is 7.82. The summed E-state index contributed by atoms with van der Waals surface area (Å²) in [5.74, 6) is -1.36. The molecule has 1 rings (SSSR count). The van der Waals surface area contributed by atoms with Gasteiger partial charge in [-0.25, -0.2) is 4.79 Å². The molecule has 1 fully saturated rings. The molecule has 0 aromatic heterocycles. The molecule has 6 nitrogen and oxygen atoms in total. The van der Waals surface area contributed by atoms with Gasteiger partial charge in [-0.2, -0.15) is 0 Å². The minimum Gasteiger partial charge on any atom is -0.481 e. The maximum Gasteiger partial charge on any atom is 0.324 e. The van der Waals surface area contributed by atoms with Gasteiger partial charge in [0.25, 0.3) is 5.91 Å². The van der Waals surface area contributed by atoms with Crippen LogP contribution in [0.5, 0.6) is 0 Å². The predicted octanol–water partition coefficient (Wildman–Crippen LogP) is -0.209. The van der Waals surface area contributed by atoms with Crippen LogP contribution in [0.3, 0.4) is 0 Å². The van der Waals surface area contributed by atoms with Crippen molar-refractivity contribution in [1.29, 1.82) is 0 Å². The molecule has 0 aromatic carbocycles. The van der Waals surface area contributed by atoms with Crippen molar-refractivity contribution in [2.24, 2.45) is 0 Å². The molecule has 1 unspecified atom stereocenters. The molecule has 2 N–H and O–H groups in total. The Hall–Kier alpha value is -1.59. The number of imide groups is 1. The van der Waals surface area contributed by atoms with Crippen LogP contribution in [0.15, 0.2) is 0 Å². The highest BCUT2D eigenvalue weighted by Crippen LogP contribution is 2.09. The van der Waals surface area contributed by atoms with Crippen molar-refractivity contribution in [1.82, 2.24) is 10.2 Å². The summed E-state index contributed by atoms with van der Waals surface area (Å²) in [5, 5.41) is 10.9. The standard InChI is InChI=1S/C8H12N2O4/c1-2-5-7(13)10(8(14)9-5)4-3-6(11)12/h5H,2-4H2,1H3,(H,9,14)(H,11,12). The van der Waals surface area contributed by atoms with E-state index >= 15 is 0 Å². The second-order valence-electron chi connectivity index (χ2n) is 3.04. The molecule has 6 heteroatoms. The van der Waals surface area contributed by atoms with Gasteiger partial charge in [-0.3, -0.25) is 14.5 Å². The lowest BCUT2D eigenvalue weighted by Gasteiger charge is -2.10. The molecule has 0 aliphatic carbocycles. The van der Waals surface area contributed by atoms with Gasteiger partial charge in [0.1, 0.15) is 6.04 Å². The molecule has 0 radical (unpaired) electrons. The highest BCUT2D eigenvalue weighted by Gasteiger charge is 2.36. The van der Waals surface area contributed by atoms with E-state index in [2.05, 4.69) is 5.32 Å². The van der Waals surface area contributed by atoms with Crippen LogP contribution in [0.4, 0.5) is 4.79 Å². The van der Waals surface area contributed by atoms with Crippen molar-refractivity contribution in [3.63, 3.8) is 0 Å². The van der Waals surface area contributed by atoms with Crippen molar-refractivity contribution >= 4 is 17.9 Å². The van der Waals surface area contributed by atoms with E-state index in [-0.39, 0.29) is 18.9 Å². The number of carboxylic acid groups (broad SMARTS) is 1. The Balaban J connectivity index is 2.56. The predicted molar refractivity (Wildman–Crippen MR) is 46.6 cm³/mol. The van der Waals surface area contributed by atoms with Gasteiger partial charge in [-0.1, -0.05) is 6.92 Å². The van der Waals surface area contributed by atoms with Crippen LogP contribution >= 0.6 is 0 Å². The van der Waals surface area contributed by atoms with Gasteiger partial charge < -0.3 is 10.4 Å². The summed E-state index contributed by atoms with van der Waals surface area (Å²) < 4.78 is 0. The lowest BCUT2D eigenvalue weighted by Crippen LogP contribution is -2.33. The summed E-state index contributed by atoms with van der Waals surface area (Å²) in [4.78, 5) is 33.8. The Labute approximate surface area is 80.9 Å². The summed E-state index contributed by atoms with van der Waals surface area (Å²) in [7, 11) is 0. The van der Waals surface area contributed by atoms with Gasteiger partial charge in [0.2, 0.25) is 0 Å². The Morgan fingerprint density at radius 3 is 2.64 bits per heavy atom. The Bertz CT molecular complexity index is 277. The van der Waals surface area contributed by atoms with Crippen LogP contribution in [-0.2, 0) is 9.59 Å². The van der Waals surface area contributed by atoms with E-state index in [1.165, 1.54) is 0 Å².